The van der Waals surface area contributed by atoms with Crippen LogP contribution in [0, 0.1) is 27.2 Å². The van der Waals surface area contributed by atoms with Crippen LogP contribution in [0.1, 0.15) is 18.5 Å². The van der Waals surface area contributed by atoms with Crippen molar-refractivity contribution in [2.24, 2.45) is 0 Å². The number of hydrogen-bond acceptors (Lipinski definition) is 6. The maximum Gasteiger partial charge on any atom is 0.307 e. The Hall–Kier alpha value is -3.30. The van der Waals surface area contributed by atoms with Gasteiger partial charge in [-0.1, -0.05) is 6.07 Å². The van der Waals surface area contributed by atoms with Gasteiger partial charge in [-0.15, -0.1) is 0 Å². The zero-order valence-corrected chi connectivity index (χ0v) is 12.3. The molecule has 2 aromatic rings. The maximum absolute atomic E-state index is 12.2. The van der Waals surface area contributed by atoms with Gasteiger partial charge in [0.05, 0.1) is 9.85 Å². The van der Waals surface area contributed by atoms with Crippen molar-refractivity contribution in [3.63, 3.8) is 0 Å². The second-order valence-electron chi connectivity index (χ2n) is 4.88. The van der Waals surface area contributed by atoms with E-state index in [9.17, 15) is 25.0 Å². The average Bonchev–Trinajstić information content (AvgIpc) is 2.98. The fraction of sp³-hybridized carbons (Fsp3) is 0.231. The number of benzene rings is 1. The summed E-state index contributed by atoms with van der Waals surface area (Å²) in [5.74, 6) is -0.574. The van der Waals surface area contributed by atoms with Gasteiger partial charge < -0.3 is 5.32 Å². The van der Waals surface area contributed by atoms with Crippen molar-refractivity contribution < 1.29 is 14.6 Å². The summed E-state index contributed by atoms with van der Waals surface area (Å²) in [6.07, 6.45) is 2.14. The molecule has 0 bridgehead atoms. The third kappa shape index (κ3) is 3.48. The number of nitrogens with zero attached hydrogens (tertiary/aromatic N) is 4. The third-order valence-corrected chi connectivity index (χ3v) is 3.18. The summed E-state index contributed by atoms with van der Waals surface area (Å²) in [4.78, 5) is 32.6. The molecule has 0 fully saturated rings. The molecule has 1 aromatic heterocycles. The summed E-state index contributed by atoms with van der Waals surface area (Å²) in [5, 5.41) is 27.9. The fourth-order valence-corrected chi connectivity index (χ4v) is 1.89. The van der Waals surface area contributed by atoms with Crippen molar-refractivity contribution in [2.75, 3.05) is 5.32 Å². The first kappa shape index (κ1) is 16.1. The van der Waals surface area contributed by atoms with Gasteiger partial charge in [-0.3, -0.25) is 29.7 Å². The van der Waals surface area contributed by atoms with E-state index in [1.54, 1.807) is 13.0 Å². The van der Waals surface area contributed by atoms with E-state index >= 15 is 0 Å². The van der Waals surface area contributed by atoms with Crippen LogP contribution in [0.2, 0.25) is 0 Å². The van der Waals surface area contributed by atoms with Gasteiger partial charge in [-0.25, -0.2) is 0 Å². The molecule has 120 valence electrons. The van der Waals surface area contributed by atoms with E-state index in [1.807, 2.05) is 0 Å². The number of aryl methyl sites for hydroxylation is 1. The number of amides is 1. The van der Waals surface area contributed by atoms with Crippen molar-refractivity contribution in [1.29, 1.82) is 0 Å². The molecule has 1 unspecified atom stereocenters. The SMILES string of the molecule is Cc1ccc(NC(=O)C(C)n2cc([N+](=O)[O-])cn2)c([N+](=O)[O-])c1. The summed E-state index contributed by atoms with van der Waals surface area (Å²) in [5.41, 5.74) is 0.271. The third-order valence-electron chi connectivity index (χ3n) is 3.18. The predicted molar refractivity (Wildman–Crippen MR) is 80.1 cm³/mol. The standard InChI is InChI=1S/C13H13N5O5/c1-8-3-4-11(12(5-8)18(22)23)15-13(19)9(2)16-7-10(6-14-16)17(20)21/h3-7,9H,1-2H3,(H,15,19). The van der Waals surface area contributed by atoms with Crippen LogP contribution in [-0.2, 0) is 4.79 Å². The second-order valence-corrected chi connectivity index (χ2v) is 4.88. The Morgan fingerprint density at radius 2 is 2.00 bits per heavy atom. The predicted octanol–water partition coefficient (Wildman–Crippen LogP) is 2.21. The molecule has 1 heterocycles. The summed E-state index contributed by atoms with van der Waals surface area (Å²) >= 11 is 0. The van der Waals surface area contributed by atoms with Crippen LogP contribution in [-0.4, -0.2) is 25.5 Å². The van der Waals surface area contributed by atoms with Crippen LogP contribution in [0.15, 0.2) is 30.6 Å². The zero-order chi connectivity index (χ0) is 17.1. The van der Waals surface area contributed by atoms with Crippen molar-refractivity contribution >= 4 is 23.0 Å². The first-order valence-corrected chi connectivity index (χ1v) is 6.54. The molecule has 23 heavy (non-hydrogen) atoms. The number of nitro groups is 2. The number of hydrogen-bond donors (Lipinski definition) is 1. The van der Waals surface area contributed by atoms with E-state index in [0.717, 1.165) is 17.1 Å². The maximum atomic E-state index is 12.2. The molecule has 2 rings (SSSR count). The normalized spacial score (nSPS) is 11.7. The molecule has 0 radical (unpaired) electrons. The molecule has 10 nitrogen and oxygen atoms in total. The summed E-state index contributed by atoms with van der Waals surface area (Å²) < 4.78 is 1.12. The molecule has 0 saturated carbocycles. The van der Waals surface area contributed by atoms with Crippen molar-refractivity contribution in [2.45, 2.75) is 19.9 Å². The quantitative estimate of drug-likeness (QED) is 0.663. The Balaban J connectivity index is 2.21. The van der Waals surface area contributed by atoms with Gasteiger partial charge in [-0.2, -0.15) is 5.10 Å². The molecule has 1 N–H and O–H groups in total. The largest absolute Gasteiger partial charge is 0.319 e. The van der Waals surface area contributed by atoms with E-state index in [-0.39, 0.29) is 17.1 Å². The lowest BCUT2D eigenvalue weighted by Gasteiger charge is -2.12. The molecule has 0 aliphatic heterocycles. The number of nitrogens with one attached hydrogen (secondary N) is 1. The monoisotopic (exact) mass is 319 g/mol. The number of aromatic nitrogens is 2. The summed E-state index contributed by atoms with van der Waals surface area (Å²) in [7, 11) is 0. The number of carbonyl (C=O) groups is 1. The van der Waals surface area contributed by atoms with Gasteiger partial charge in [0.1, 0.15) is 24.1 Å². The lowest BCUT2D eigenvalue weighted by Crippen LogP contribution is -2.24. The number of nitro benzene ring substituents is 1. The highest BCUT2D eigenvalue weighted by atomic mass is 16.6. The fourth-order valence-electron chi connectivity index (χ4n) is 1.89. The first-order chi connectivity index (χ1) is 10.8. The Labute approximate surface area is 130 Å². The van der Waals surface area contributed by atoms with Crippen LogP contribution in [0.4, 0.5) is 17.1 Å². The molecular formula is C13H13N5O5. The highest BCUT2D eigenvalue weighted by Gasteiger charge is 2.22. The van der Waals surface area contributed by atoms with E-state index < -0.39 is 21.8 Å². The van der Waals surface area contributed by atoms with Crippen LogP contribution in [0.5, 0.6) is 0 Å². The molecule has 1 amide bonds. The van der Waals surface area contributed by atoms with Crippen molar-refractivity contribution in [3.05, 3.63) is 56.4 Å². The van der Waals surface area contributed by atoms with Crippen molar-refractivity contribution in [3.8, 4) is 0 Å². The van der Waals surface area contributed by atoms with Crippen LogP contribution < -0.4 is 5.32 Å². The molecule has 1 aromatic carbocycles. The average molecular weight is 319 g/mol. The lowest BCUT2D eigenvalue weighted by atomic mass is 10.2. The van der Waals surface area contributed by atoms with Gasteiger partial charge in [-0.05, 0) is 25.5 Å². The Morgan fingerprint density at radius 1 is 1.30 bits per heavy atom. The lowest BCUT2D eigenvalue weighted by molar-refractivity contribution is -0.385. The molecule has 0 spiro atoms. The van der Waals surface area contributed by atoms with Gasteiger partial charge in [0.15, 0.2) is 0 Å². The Kier molecular flexibility index (Phi) is 4.35. The van der Waals surface area contributed by atoms with Crippen LogP contribution >= 0.6 is 0 Å². The zero-order valence-electron chi connectivity index (χ0n) is 12.3. The number of carbonyl (C=O) groups excluding carboxylic acids is 1. The van der Waals surface area contributed by atoms with E-state index in [1.165, 1.54) is 19.1 Å². The van der Waals surface area contributed by atoms with Crippen molar-refractivity contribution in [1.82, 2.24) is 9.78 Å². The van der Waals surface area contributed by atoms with Gasteiger partial charge in [0.2, 0.25) is 5.91 Å². The minimum Gasteiger partial charge on any atom is -0.319 e. The number of anilines is 1. The topological polar surface area (TPSA) is 133 Å². The molecular weight excluding hydrogens is 306 g/mol. The molecule has 10 heteroatoms. The second kappa shape index (κ2) is 6.22. The van der Waals surface area contributed by atoms with E-state index in [0.29, 0.717) is 5.56 Å². The smallest absolute Gasteiger partial charge is 0.307 e. The minimum absolute atomic E-state index is 0.0547. The highest BCUT2D eigenvalue weighted by Crippen LogP contribution is 2.26. The van der Waals surface area contributed by atoms with Crippen LogP contribution in [0.3, 0.4) is 0 Å². The Morgan fingerprint density at radius 3 is 2.57 bits per heavy atom. The van der Waals surface area contributed by atoms with E-state index in [2.05, 4.69) is 10.4 Å². The Bertz CT molecular complexity index is 785. The summed E-state index contributed by atoms with van der Waals surface area (Å²) in [6.45, 7) is 3.18. The highest BCUT2D eigenvalue weighted by molar-refractivity contribution is 5.95. The van der Waals surface area contributed by atoms with Crippen LogP contribution in [0.25, 0.3) is 0 Å². The first-order valence-electron chi connectivity index (χ1n) is 6.54. The minimum atomic E-state index is -0.871. The molecule has 0 saturated heterocycles. The van der Waals surface area contributed by atoms with Gasteiger partial charge in [0.25, 0.3) is 5.69 Å². The van der Waals surface area contributed by atoms with Gasteiger partial charge >= 0.3 is 5.69 Å². The molecule has 0 aliphatic carbocycles. The van der Waals surface area contributed by atoms with Gasteiger partial charge in [0, 0.05) is 6.07 Å². The molecule has 0 aliphatic rings. The van der Waals surface area contributed by atoms with E-state index in [4.69, 9.17) is 0 Å². The summed E-state index contributed by atoms with van der Waals surface area (Å²) in [6, 6.07) is 3.54. The number of rotatable bonds is 5. The molecule has 1 atom stereocenters.